The van der Waals surface area contributed by atoms with Crippen LogP contribution in [0.4, 0.5) is 0 Å². The molecule has 1 heterocycles. The number of rotatable bonds is 25. The SMILES string of the molecule is C=C(N=C(N=C(C)c1ccnn1C)c1ccc(OCC(CC)CCCC)cc1OCC(CC)CCCC)c1ccc(OCC(CC)CCCC)cc1O.CC. The number of ether oxygens (including phenoxy) is 3. The Bertz CT molecular complexity index is 1590. The third-order valence-corrected chi connectivity index (χ3v) is 10.3. The van der Waals surface area contributed by atoms with Crippen LogP contribution in [0.5, 0.6) is 23.0 Å². The van der Waals surface area contributed by atoms with Crippen LogP contribution in [0.25, 0.3) is 5.70 Å². The van der Waals surface area contributed by atoms with Gasteiger partial charge in [0, 0.05) is 30.9 Å². The summed E-state index contributed by atoms with van der Waals surface area (Å²) in [7, 11) is 1.89. The van der Waals surface area contributed by atoms with Crippen LogP contribution in [0.1, 0.15) is 156 Å². The van der Waals surface area contributed by atoms with Crippen LogP contribution in [0, 0.1) is 17.8 Å². The van der Waals surface area contributed by atoms with E-state index in [4.69, 9.17) is 24.2 Å². The first-order chi connectivity index (χ1) is 26.7. The van der Waals surface area contributed by atoms with Crippen LogP contribution >= 0.6 is 0 Å². The van der Waals surface area contributed by atoms with Gasteiger partial charge >= 0.3 is 0 Å². The molecule has 2 aromatic carbocycles. The van der Waals surface area contributed by atoms with Gasteiger partial charge in [-0.2, -0.15) is 5.10 Å². The van der Waals surface area contributed by atoms with Crippen molar-refractivity contribution < 1.29 is 19.3 Å². The highest BCUT2D eigenvalue weighted by Crippen LogP contribution is 2.33. The molecule has 0 saturated carbocycles. The minimum Gasteiger partial charge on any atom is -0.507 e. The molecule has 0 aliphatic carbocycles. The molecule has 0 aliphatic heterocycles. The Morgan fingerprint density at radius 2 is 1.20 bits per heavy atom. The van der Waals surface area contributed by atoms with E-state index in [-0.39, 0.29) is 5.75 Å². The van der Waals surface area contributed by atoms with Gasteiger partial charge in [0.25, 0.3) is 0 Å². The van der Waals surface area contributed by atoms with Gasteiger partial charge in [-0.1, -0.05) is 120 Å². The molecule has 3 atom stereocenters. The fraction of sp³-hybridized carbons (Fsp3) is 0.596. The summed E-state index contributed by atoms with van der Waals surface area (Å²) in [4.78, 5) is 10.1. The monoisotopic (exact) mass is 759 g/mol. The molecule has 3 unspecified atom stereocenters. The second-order valence-corrected chi connectivity index (χ2v) is 14.4. The summed E-state index contributed by atoms with van der Waals surface area (Å²) in [5.41, 5.74) is 3.21. The fourth-order valence-corrected chi connectivity index (χ4v) is 6.35. The van der Waals surface area contributed by atoms with Gasteiger partial charge in [0.05, 0.1) is 42.5 Å². The Kier molecular flexibility index (Phi) is 22.8. The van der Waals surface area contributed by atoms with Crippen molar-refractivity contribution in [3.8, 4) is 23.0 Å². The molecule has 306 valence electrons. The summed E-state index contributed by atoms with van der Waals surface area (Å²) < 4.78 is 21.0. The lowest BCUT2D eigenvalue weighted by molar-refractivity contribution is 0.223. The number of phenolic OH excluding ortho intramolecular Hbond substituents is 1. The highest BCUT2D eigenvalue weighted by Gasteiger charge is 2.19. The van der Waals surface area contributed by atoms with Crippen LogP contribution in [0.2, 0.25) is 0 Å². The number of benzene rings is 2. The minimum absolute atomic E-state index is 0.0556. The summed E-state index contributed by atoms with van der Waals surface area (Å²) in [5.74, 6) is 3.95. The van der Waals surface area contributed by atoms with E-state index >= 15 is 0 Å². The van der Waals surface area contributed by atoms with Crippen molar-refractivity contribution in [3.63, 3.8) is 0 Å². The van der Waals surface area contributed by atoms with E-state index in [1.807, 2.05) is 64.2 Å². The summed E-state index contributed by atoms with van der Waals surface area (Å²) in [6, 6.07) is 13.2. The predicted molar refractivity (Wildman–Crippen MR) is 233 cm³/mol. The highest BCUT2D eigenvalue weighted by molar-refractivity contribution is 6.13. The molecule has 8 heteroatoms. The molecule has 1 N–H and O–H groups in total. The van der Waals surface area contributed by atoms with E-state index in [0.29, 0.717) is 66.2 Å². The number of hydrogen-bond donors (Lipinski definition) is 1. The molecule has 0 aliphatic rings. The maximum absolute atomic E-state index is 11.2. The minimum atomic E-state index is 0.0556. The average Bonchev–Trinajstić information content (AvgIpc) is 3.64. The lowest BCUT2D eigenvalue weighted by Crippen LogP contribution is -2.15. The zero-order chi connectivity index (χ0) is 40.6. The van der Waals surface area contributed by atoms with Gasteiger partial charge in [0.15, 0.2) is 5.84 Å². The van der Waals surface area contributed by atoms with E-state index in [2.05, 4.69) is 53.2 Å². The van der Waals surface area contributed by atoms with Crippen molar-refractivity contribution in [2.75, 3.05) is 19.8 Å². The molecule has 1 aromatic heterocycles. The standard InChI is InChI=1S/C45H68N4O4.C2H6/c1-10-16-19-35(13-4)30-51-38-22-24-40(43(50)28-38)33(7)47-45(48-34(8)42-26-27-46-49(42)9)41-25-23-39(52-31-36(14-5)20-17-11-2)29-44(41)53-32-37(15-6)21-18-12-3;1-2/h22-29,35-37,50H,7,10-21,30-32H2,1-6,8-9H3;1-2H3. The Morgan fingerprint density at radius 3 is 1.65 bits per heavy atom. The molecule has 0 radical (unpaired) electrons. The number of unbranched alkanes of at least 4 members (excludes halogenated alkanes) is 3. The van der Waals surface area contributed by atoms with E-state index < -0.39 is 0 Å². The quantitative estimate of drug-likeness (QED) is 0.0686. The van der Waals surface area contributed by atoms with Crippen molar-refractivity contribution in [1.82, 2.24) is 9.78 Å². The van der Waals surface area contributed by atoms with E-state index in [0.717, 1.165) is 67.7 Å². The normalized spacial score (nSPS) is 13.4. The van der Waals surface area contributed by atoms with Crippen molar-refractivity contribution in [3.05, 3.63) is 72.1 Å². The zero-order valence-corrected chi connectivity index (χ0v) is 36.1. The molecule has 55 heavy (non-hydrogen) atoms. The Hall–Kier alpha value is -4.07. The van der Waals surface area contributed by atoms with Gasteiger partial charge in [0.2, 0.25) is 0 Å². The number of aromatic nitrogens is 2. The molecular weight excluding hydrogens is 685 g/mol. The Labute approximate surface area is 334 Å². The molecule has 0 amide bonds. The van der Waals surface area contributed by atoms with Gasteiger partial charge in [-0.3, -0.25) is 4.68 Å². The Morgan fingerprint density at radius 1 is 0.709 bits per heavy atom. The van der Waals surface area contributed by atoms with Gasteiger partial charge in [-0.25, -0.2) is 9.98 Å². The van der Waals surface area contributed by atoms with Gasteiger partial charge in [-0.15, -0.1) is 0 Å². The Balaban J connectivity index is 0.00000514. The number of aryl methyl sites for hydroxylation is 1. The molecular formula is C47H74N4O4. The van der Waals surface area contributed by atoms with Crippen molar-refractivity contribution in [2.24, 2.45) is 34.8 Å². The summed E-state index contributed by atoms with van der Waals surface area (Å²) in [6.07, 6.45) is 15.4. The highest BCUT2D eigenvalue weighted by atomic mass is 16.5. The maximum atomic E-state index is 11.2. The smallest absolute Gasteiger partial charge is 0.163 e. The first kappa shape index (κ1) is 47.1. The largest absolute Gasteiger partial charge is 0.507 e. The average molecular weight is 759 g/mol. The van der Waals surface area contributed by atoms with Gasteiger partial charge in [-0.05, 0) is 74.3 Å². The van der Waals surface area contributed by atoms with E-state index in [1.165, 1.54) is 32.1 Å². The first-order valence-electron chi connectivity index (χ1n) is 21.3. The summed E-state index contributed by atoms with van der Waals surface area (Å²) in [5, 5.41) is 15.5. The maximum Gasteiger partial charge on any atom is 0.163 e. The molecule has 3 aromatic rings. The van der Waals surface area contributed by atoms with Crippen molar-refractivity contribution >= 4 is 17.2 Å². The number of phenols is 1. The number of amidine groups is 1. The van der Waals surface area contributed by atoms with E-state index in [9.17, 15) is 5.11 Å². The molecule has 0 bridgehead atoms. The first-order valence-corrected chi connectivity index (χ1v) is 21.3. The van der Waals surface area contributed by atoms with Crippen LogP contribution in [0.15, 0.2) is 65.2 Å². The number of nitrogens with zero attached hydrogens (tertiary/aromatic N) is 4. The topological polar surface area (TPSA) is 90.5 Å². The lowest BCUT2D eigenvalue weighted by atomic mass is 10.0. The second kappa shape index (κ2) is 26.7. The summed E-state index contributed by atoms with van der Waals surface area (Å²) >= 11 is 0. The third-order valence-electron chi connectivity index (χ3n) is 10.3. The molecule has 0 spiro atoms. The van der Waals surface area contributed by atoms with Crippen LogP contribution in [-0.4, -0.2) is 46.3 Å². The second-order valence-electron chi connectivity index (χ2n) is 14.4. The van der Waals surface area contributed by atoms with Crippen LogP contribution < -0.4 is 14.2 Å². The van der Waals surface area contributed by atoms with Gasteiger partial charge < -0.3 is 19.3 Å². The number of hydrogen-bond acceptors (Lipinski definition) is 6. The fourth-order valence-electron chi connectivity index (χ4n) is 6.35. The third kappa shape index (κ3) is 15.9. The lowest BCUT2D eigenvalue weighted by Gasteiger charge is -2.20. The summed E-state index contributed by atoms with van der Waals surface area (Å²) in [6.45, 7) is 25.4. The van der Waals surface area contributed by atoms with Crippen molar-refractivity contribution in [2.45, 2.75) is 139 Å². The predicted octanol–water partition coefficient (Wildman–Crippen LogP) is 12.9. The molecule has 3 rings (SSSR count). The van der Waals surface area contributed by atoms with Crippen LogP contribution in [0.3, 0.4) is 0 Å². The van der Waals surface area contributed by atoms with Gasteiger partial charge in [0.1, 0.15) is 23.0 Å². The molecule has 0 fully saturated rings. The molecule has 0 saturated heterocycles. The number of aromatic hydroxyl groups is 1. The number of aliphatic imine (C=N–C) groups is 2. The van der Waals surface area contributed by atoms with E-state index in [1.54, 1.807) is 16.9 Å². The van der Waals surface area contributed by atoms with Crippen LogP contribution in [-0.2, 0) is 7.05 Å². The molecule has 8 nitrogen and oxygen atoms in total. The van der Waals surface area contributed by atoms with Crippen molar-refractivity contribution in [1.29, 1.82) is 0 Å². The zero-order valence-electron chi connectivity index (χ0n) is 36.1.